The van der Waals surface area contributed by atoms with Gasteiger partial charge in [0.25, 0.3) is 5.91 Å². The average molecular weight is 439 g/mol. The van der Waals surface area contributed by atoms with E-state index in [9.17, 15) is 4.79 Å². The number of hydrogen-bond acceptors (Lipinski definition) is 6. The summed E-state index contributed by atoms with van der Waals surface area (Å²) >= 11 is 0. The SMILES string of the molecule is CCCCOc1ccc(NC(=O)c2ccc(OCc3c(C)noc3C)c(OC)c2)c(C)c1. The lowest BCUT2D eigenvalue weighted by Crippen LogP contribution is -2.13. The number of carbonyl (C=O) groups is 1. The normalized spacial score (nSPS) is 10.7. The molecule has 3 aromatic rings. The number of aromatic nitrogens is 1. The summed E-state index contributed by atoms with van der Waals surface area (Å²) in [5.41, 5.74) is 3.81. The van der Waals surface area contributed by atoms with E-state index in [0.717, 1.165) is 46.9 Å². The van der Waals surface area contributed by atoms with Gasteiger partial charge in [0, 0.05) is 11.3 Å². The zero-order chi connectivity index (χ0) is 23.1. The lowest BCUT2D eigenvalue weighted by atomic mass is 10.1. The maximum atomic E-state index is 12.8. The highest BCUT2D eigenvalue weighted by atomic mass is 16.5. The van der Waals surface area contributed by atoms with Crippen molar-refractivity contribution in [1.29, 1.82) is 0 Å². The van der Waals surface area contributed by atoms with Gasteiger partial charge >= 0.3 is 0 Å². The molecule has 1 N–H and O–H groups in total. The van der Waals surface area contributed by atoms with Crippen LogP contribution in [-0.2, 0) is 6.61 Å². The van der Waals surface area contributed by atoms with Gasteiger partial charge in [0.2, 0.25) is 0 Å². The topological polar surface area (TPSA) is 82.8 Å². The minimum Gasteiger partial charge on any atom is -0.494 e. The van der Waals surface area contributed by atoms with Crippen molar-refractivity contribution in [2.45, 2.75) is 47.1 Å². The van der Waals surface area contributed by atoms with Crippen molar-refractivity contribution >= 4 is 11.6 Å². The van der Waals surface area contributed by atoms with Gasteiger partial charge < -0.3 is 24.1 Å². The molecule has 0 unspecified atom stereocenters. The lowest BCUT2D eigenvalue weighted by molar-refractivity contribution is 0.102. The molecule has 32 heavy (non-hydrogen) atoms. The first-order chi connectivity index (χ1) is 15.4. The van der Waals surface area contributed by atoms with Gasteiger partial charge in [-0.2, -0.15) is 0 Å². The van der Waals surface area contributed by atoms with Crippen LogP contribution < -0.4 is 19.5 Å². The minimum atomic E-state index is -0.233. The summed E-state index contributed by atoms with van der Waals surface area (Å²) in [6.07, 6.45) is 2.09. The van der Waals surface area contributed by atoms with Crippen LogP contribution in [-0.4, -0.2) is 24.8 Å². The van der Waals surface area contributed by atoms with E-state index in [-0.39, 0.29) is 5.91 Å². The highest BCUT2D eigenvalue weighted by Gasteiger charge is 2.15. The van der Waals surface area contributed by atoms with Crippen LogP contribution >= 0.6 is 0 Å². The number of benzene rings is 2. The van der Waals surface area contributed by atoms with Gasteiger partial charge in [-0.3, -0.25) is 4.79 Å². The molecule has 0 spiro atoms. The number of methoxy groups -OCH3 is 1. The number of amides is 1. The molecule has 3 rings (SSSR count). The molecular weight excluding hydrogens is 408 g/mol. The number of ether oxygens (including phenoxy) is 3. The second-order valence-electron chi connectivity index (χ2n) is 7.59. The highest BCUT2D eigenvalue weighted by molar-refractivity contribution is 6.05. The van der Waals surface area contributed by atoms with Crippen LogP contribution in [0.4, 0.5) is 5.69 Å². The maximum absolute atomic E-state index is 12.8. The second kappa shape index (κ2) is 10.7. The predicted octanol–water partition coefficient (Wildman–Crippen LogP) is 5.62. The molecule has 0 aliphatic carbocycles. The fourth-order valence-electron chi connectivity index (χ4n) is 3.18. The largest absolute Gasteiger partial charge is 0.494 e. The third-order valence-corrected chi connectivity index (χ3v) is 5.19. The first-order valence-corrected chi connectivity index (χ1v) is 10.7. The van der Waals surface area contributed by atoms with Gasteiger partial charge in [0.05, 0.1) is 25.0 Å². The van der Waals surface area contributed by atoms with Gasteiger partial charge in [0.1, 0.15) is 18.1 Å². The van der Waals surface area contributed by atoms with Crippen LogP contribution in [0, 0.1) is 20.8 Å². The molecule has 0 fully saturated rings. The zero-order valence-electron chi connectivity index (χ0n) is 19.3. The van der Waals surface area contributed by atoms with Crippen molar-refractivity contribution in [3.05, 3.63) is 64.5 Å². The predicted molar refractivity (Wildman–Crippen MR) is 123 cm³/mol. The Morgan fingerprint density at radius 1 is 1.06 bits per heavy atom. The van der Waals surface area contributed by atoms with Crippen LogP contribution in [0.2, 0.25) is 0 Å². The summed E-state index contributed by atoms with van der Waals surface area (Å²) < 4.78 is 22.2. The molecule has 7 nitrogen and oxygen atoms in total. The zero-order valence-corrected chi connectivity index (χ0v) is 19.3. The van der Waals surface area contributed by atoms with Gasteiger partial charge in [-0.05, 0) is 69.2 Å². The Bertz CT molecular complexity index is 1050. The Kier molecular flexibility index (Phi) is 7.76. The minimum absolute atomic E-state index is 0.233. The number of carbonyl (C=O) groups excluding carboxylic acids is 1. The number of hydrogen-bond donors (Lipinski definition) is 1. The fourth-order valence-corrected chi connectivity index (χ4v) is 3.18. The first kappa shape index (κ1) is 23.2. The van der Waals surface area contributed by atoms with Gasteiger partial charge in [0.15, 0.2) is 11.5 Å². The molecule has 2 aromatic carbocycles. The Morgan fingerprint density at radius 3 is 2.53 bits per heavy atom. The molecular formula is C25H30N2O5. The fraction of sp³-hybridized carbons (Fsp3) is 0.360. The highest BCUT2D eigenvalue weighted by Crippen LogP contribution is 2.30. The second-order valence-corrected chi connectivity index (χ2v) is 7.59. The standard InChI is InChI=1S/C25H30N2O5/c1-6-7-12-30-20-9-10-22(16(2)13-20)26-25(28)19-8-11-23(24(14-19)29-5)31-15-21-17(3)27-32-18(21)4/h8-11,13-14H,6-7,12,15H2,1-5H3,(H,26,28). The quantitative estimate of drug-likeness (QED) is 0.414. The summed E-state index contributed by atoms with van der Waals surface area (Å²) in [5.74, 6) is 2.29. The summed E-state index contributed by atoms with van der Waals surface area (Å²) in [4.78, 5) is 12.8. The van der Waals surface area contributed by atoms with Gasteiger partial charge in [-0.15, -0.1) is 0 Å². The van der Waals surface area contributed by atoms with E-state index < -0.39 is 0 Å². The van der Waals surface area contributed by atoms with Crippen molar-refractivity contribution in [2.24, 2.45) is 0 Å². The molecule has 0 bridgehead atoms. The van der Waals surface area contributed by atoms with E-state index in [2.05, 4.69) is 17.4 Å². The summed E-state index contributed by atoms with van der Waals surface area (Å²) in [5, 5.41) is 6.88. The molecule has 7 heteroatoms. The summed E-state index contributed by atoms with van der Waals surface area (Å²) in [6.45, 7) is 8.76. The van der Waals surface area contributed by atoms with Crippen molar-refractivity contribution in [3.63, 3.8) is 0 Å². The number of nitrogens with zero attached hydrogens (tertiary/aromatic N) is 1. The Balaban J connectivity index is 1.68. The first-order valence-electron chi connectivity index (χ1n) is 10.7. The molecule has 1 amide bonds. The Hall–Kier alpha value is -3.48. The number of unbranched alkanes of at least 4 members (excludes halogenated alkanes) is 1. The van der Waals surface area contributed by atoms with Crippen molar-refractivity contribution in [1.82, 2.24) is 5.16 Å². The molecule has 0 atom stereocenters. The van der Waals surface area contributed by atoms with Crippen LogP contribution in [0.1, 0.15) is 52.7 Å². The molecule has 0 aliphatic rings. The lowest BCUT2D eigenvalue weighted by Gasteiger charge is -2.14. The average Bonchev–Trinajstić information content (AvgIpc) is 3.11. The van der Waals surface area contributed by atoms with Crippen molar-refractivity contribution < 1.29 is 23.5 Å². The molecule has 0 saturated heterocycles. The van der Waals surface area contributed by atoms with Crippen LogP contribution in [0.25, 0.3) is 0 Å². The molecule has 0 radical (unpaired) electrons. The Labute approximate surface area is 188 Å². The maximum Gasteiger partial charge on any atom is 0.255 e. The van der Waals surface area contributed by atoms with E-state index in [1.165, 1.54) is 0 Å². The summed E-state index contributed by atoms with van der Waals surface area (Å²) in [6, 6.07) is 10.7. The van der Waals surface area contributed by atoms with Crippen LogP contribution in [0.5, 0.6) is 17.2 Å². The van der Waals surface area contributed by atoms with Crippen LogP contribution in [0.3, 0.4) is 0 Å². The molecule has 0 aliphatic heterocycles. The molecule has 1 heterocycles. The van der Waals surface area contributed by atoms with E-state index in [0.29, 0.717) is 30.3 Å². The van der Waals surface area contributed by atoms with Crippen LogP contribution in [0.15, 0.2) is 40.9 Å². The number of anilines is 1. The summed E-state index contributed by atoms with van der Waals surface area (Å²) in [7, 11) is 1.54. The number of nitrogens with one attached hydrogen (secondary N) is 1. The number of aryl methyl sites for hydroxylation is 3. The molecule has 170 valence electrons. The van der Waals surface area contributed by atoms with E-state index in [1.54, 1.807) is 25.3 Å². The van der Waals surface area contributed by atoms with E-state index >= 15 is 0 Å². The third-order valence-electron chi connectivity index (χ3n) is 5.19. The van der Waals surface area contributed by atoms with Crippen molar-refractivity contribution in [2.75, 3.05) is 19.0 Å². The molecule has 0 saturated carbocycles. The number of rotatable bonds is 10. The van der Waals surface area contributed by atoms with E-state index in [4.69, 9.17) is 18.7 Å². The van der Waals surface area contributed by atoms with Gasteiger partial charge in [-0.25, -0.2) is 0 Å². The smallest absolute Gasteiger partial charge is 0.255 e. The third kappa shape index (κ3) is 5.60. The van der Waals surface area contributed by atoms with Gasteiger partial charge in [-0.1, -0.05) is 18.5 Å². The molecule has 1 aromatic heterocycles. The van der Waals surface area contributed by atoms with E-state index in [1.807, 2.05) is 39.0 Å². The van der Waals surface area contributed by atoms with Crippen molar-refractivity contribution in [3.8, 4) is 17.2 Å². The Morgan fingerprint density at radius 2 is 1.88 bits per heavy atom. The monoisotopic (exact) mass is 438 g/mol.